The third kappa shape index (κ3) is 9.00. The highest BCUT2D eigenvalue weighted by molar-refractivity contribution is 7.89. The maximum Gasteiger partial charge on any atom is 0.243 e. The number of rotatable bonds is 20. The molecule has 0 spiro atoms. The zero-order valence-electron chi connectivity index (χ0n) is 34.5. The number of carbonyl (C=O) groups excluding carboxylic acids is 2. The number of carbonyl (C=O) groups is 2. The van der Waals surface area contributed by atoms with Crippen molar-refractivity contribution >= 4 is 33.6 Å². The molecule has 6 rings (SSSR count). The quantitative estimate of drug-likeness (QED) is 0.0469. The summed E-state index contributed by atoms with van der Waals surface area (Å²) in [7, 11) is 0.221. The lowest BCUT2D eigenvalue weighted by atomic mass is 9.55. The molecule has 0 aromatic heterocycles. The standard InChI is InChI=1S/C45H55N3O11S/c1-6-23-57-45-42(48(3)60(53,54)35-17-13-32(14-18-35)46-29(2)52)27-39(47-56-5)37-25-30(11-7-9-21-49)36(12-8-10-22-50)43(44(37)45)38-26-34(16-20-41(38)59-45)58-33-15-19-40(55-4)31(24-33)28-51/h6,13-20,24-26,28,30,36,42-44,49-50H,1,7-12,21-23,27H2,2-5H3,(H,46,52). The maximum atomic E-state index is 14.7. The van der Waals surface area contributed by atoms with Crippen molar-refractivity contribution in [3.8, 4) is 23.0 Å². The second-order valence-corrected chi connectivity index (χ2v) is 17.3. The van der Waals surface area contributed by atoms with Crippen LogP contribution in [0.5, 0.6) is 23.0 Å². The number of benzene rings is 3. The summed E-state index contributed by atoms with van der Waals surface area (Å²) < 4.78 is 56.4. The van der Waals surface area contributed by atoms with E-state index in [1.54, 1.807) is 36.4 Å². The van der Waals surface area contributed by atoms with E-state index in [1.165, 1.54) is 56.8 Å². The molecule has 322 valence electrons. The molecule has 1 saturated carbocycles. The predicted molar refractivity (Wildman–Crippen MR) is 226 cm³/mol. The van der Waals surface area contributed by atoms with E-state index >= 15 is 0 Å². The third-order valence-corrected chi connectivity index (χ3v) is 13.6. The molecule has 3 aromatic rings. The minimum Gasteiger partial charge on any atom is -0.496 e. The van der Waals surface area contributed by atoms with Crippen LogP contribution in [0, 0.1) is 17.8 Å². The molecule has 0 radical (unpaired) electrons. The third-order valence-electron chi connectivity index (χ3n) is 11.7. The van der Waals surface area contributed by atoms with Crippen LogP contribution in [0.15, 0.2) is 95.0 Å². The first-order chi connectivity index (χ1) is 29.0. The van der Waals surface area contributed by atoms with Crippen molar-refractivity contribution in [1.82, 2.24) is 4.31 Å². The molecule has 1 fully saturated rings. The minimum atomic E-state index is -4.23. The number of nitrogens with one attached hydrogen (secondary N) is 1. The van der Waals surface area contributed by atoms with Crippen LogP contribution in [-0.4, -0.2) is 93.8 Å². The fourth-order valence-electron chi connectivity index (χ4n) is 9.13. The highest BCUT2D eigenvalue weighted by atomic mass is 32.2. The molecule has 3 aromatic carbocycles. The lowest BCUT2D eigenvalue weighted by Gasteiger charge is -2.59. The lowest BCUT2D eigenvalue weighted by molar-refractivity contribution is -0.250. The fraction of sp³-hybridized carbons (Fsp3) is 0.444. The van der Waals surface area contributed by atoms with E-state index in [0.29, 0.717) is 59.1 Å². The normalized spacial score (nSPS) is 23.8. The topological polar surface area (TPSA) is 183 Å². The number of anilines is 1. The van der Waals surface area contributed by atoms with Gasteiger partial charge in [0, 0.05) is 50.8 Å². The van der Waals surface area contributed by atoms with Gasteiger partial charge in [-0.15, -0.1) is 6.58 Å². The van der Waals surface area contributed by atoms with Crippen molar-refractivity contribution in [2.75, 3.05) is 46.4 Å². The van der Waals surface area contributed by atoms with E-state index in [9.17, 15) is 28.2 Å². The molecular weight excluding hydrogens is 791 g/mol. The SMILES string of the molecule is C=CCOC12Oc3ccc(Oc4ccc(OC)c(C=O)c4)cc3C3C(CCCCO)C(CCCCO)C=C(C(=NOC)CC1N(C)S(=O)(=O)c1ccc(NC(C)=O)cc1)C32. The molecule has 0 bridgehead atoms. The molecule has 0 saturated heterocycles. The highest BCUT2D eigenvalue weighted by Gasteiger charge is 2.65. The molecule has 1 aliphatic heterocycles. The Bertz CT molecular complexity index is 2190. The summed E-state index contributed by atoms with van der Waals surface area (Å²) in [5.74, 6) is -1.10. The number of hydrogen-bond acceptors (Lipinski definition) is 12. The van der Waals surface area contributed by atoms with Gasteiger partial charge in [-0.05, 0) is 104 Å². The number of allylic oxidation sites excluding steroid dienone is 1. The van der Waals surface area contributed by atoms with Crippen LogP contribution < -0.4 is 19.5 Å². The van der Waals surface area contributed by atoms with Crippen molar-refractivity contribution in [2.45, 2.75) is 74.5 Å². The summed E-state index contributed by atoms with van der Waals surface area (Å²) in [4.78, 5) is 29.1. The summed E-state index contributed by atoms with van der Waals surface area (Å²) in [6.07, 6.45) is 8.79. The molecular formula is C45H55N3O11S. The van der Waals surface area contributed by atoms with Gasteiger partial charge >= 0.3 is 0 Å². The number of unbranched alkanes of at least 4 members (excludes halogenated alkanes) is 2. The Labute approximate surface area is 351 Å². The van der Waals surface area contributed by atoms with Gasteiger partial charge in [0.2, 0.25) is 21.7 Å². The molecule has 6 unspecified atom stereocenters. The molecule has 1 heterocycles. The van der Waals surface area contributed by atoms with Crippen LogP contribution in [0.2, 0.25) is 0 Å². The number of sulfonamides is 1. The Morgan fingerprint density at radius 1 is 1.02 bits per heavy atom. The highest BCUT2D eigenvalue weighted by Crippen LogP contribution is 2.62. The van der Waals surface area contributed by atoms with Crippen molar-refractivity contribution in [1.29, 1.82) is 0 Å². The van der Waals surface area contributed by atoms with Crippen LogP contribution >= 0.6 is 0 Å². The van der Waals surface area contributed by atoms with Crippen molar-refractivity contribution in [3.63, 3.8) is 0 Å². The molecule has 1 amide bonds. The van der Waals surface area contributed by atoms with Gasteiger partial charge in [-0.3, -0.25) is 9.59 Å². The minimum absolute atomic E-state index is 0.00180. The van der Waals surface area contributed by atoms with Gasteiger partial charge in [-0.25, -0.2) is 8.42 Å². The summed E-state index contributed by atoms with van der Waals surface area (Å²) in [6, 6.07) is 15.5. The Balaban J connectivity index is 1.55. The molecule has 2 aliphatic carbocycles. The Kier molecular flexibility index (Phi) is 14.5. The Morgan fingerprint density at radius 3 is 2.37 bits per heavy atom. The Morgan fingerprint density at radius 2 is 1.72 bits per heavy atom. The van der Waals surface area contributed by atoms with Crippen molar-refractivity contribution < 1.29 is 52.0 Å². The maximum absolute atomic E-state index is 14.7. The average molecular weight is 846 g/mol. The number of methoxy groups -OCH3 is 1. The van der Waals surface area contributed by atoms with Crippen molar-refractivity contribution in [3.05, 3.63) is 96.1 Å². The van der Waals surface area contributed by atoms with Gasteiger partial charge in [-0.2, -0.15) is 4.31 Å². The number of aliphatic hydroxyl groups is 2. The van der Waals surface area contributed by atoms with Crippen LogP contribution in [0.4, 0.5) is 5.69 Å². The van der Waals surface area contributed by atoms with Crippen LogP contribution in [0.3, 0.4) is 0 Å². The van der Waals surface area contributed by atoms with E-state index in [2.05, 4.69) is 23.1 Å². The zero-order chi connectivity index (χ0) is 43.0. The molecule has 15 heteroatoms. The monoisotopic (exact) mass is 845 g/mol. The average Bonchev–Trinajstić information content (AvgIpc) is 3.24. The summed E-state index contributed by atoms with van der Waals surface area (Å²) in [5, 5.41) is 26.9. The fourth-order valence-corrected chi connectivity index (χ4v) is 10.5. The van der Waals surface area contributed by atoms with Gasteiger partial charge < -0.3 is 39.3 Å². The molecule has 6 atom stereocenters. The van der Waals surface area contributed by atoms with Crippen LogP contribution in [0.1, 0.15) is 73.7 Å². The number of aliphatic hydroxyl groups excluding tert-OH is 2. The molecule has 14 nitrogen and oxygen atoms in total. The first kappa shape index (κ1) is 44.5. The van der Waals surface area contributed by atoms with Crippen LogP contribution in [0.25, 0.3) is 0 Å². The number of ether oxygens (including phenoxy) is 4. The molecule has 60 heavy (non-hydrogen) atoms. The first-order valence-corrected chi connectivity index (χ1v) is 21.7. The van der Waals surface area contributed by atoms with Gasteiger partial charge in [0.05, 0.1) is 41.8 Å². The van der Waals surface area contributed by atoms with Gasteiger partial charge in [0.1, 0.15) is 30.1 Å². The zero-order valence-corrected chi connectivity index (χ0v) is 35.4. The van der Waals surface area contributed by atoms with Gasteiger partial charge in [0.15, 0.2) is 6.29 Å². The molecule has 3 aliphatic rings. The number of likely N-dealkylation sites (N-methyl/N-ethyl adjacent to an activating group) is 1. The number of fused-ring (bicyclic) bond motifs is 2. The summed E-state index contributed by atoms with van der Waals surface area (Å²) in [6.45, 7) is 5.44. The van der Waals surface area contributed by atoms with E-state index in [-0.39, 0.29) is 54.8 Å². The van der Waals surface area contributed by atoms with E-state index in [1.807, 2.05) is 6.07 Å². The van der Waals surface area contributed by atoms with E-state index in [4.69, 9.17) is 23.8 Å². The van der Waals surface area contributed by atoms with Gasteiger partial charge in [0.25, 0.3) is 0 Å². The summed E-state index contributed by atoms with van der Waals surface area (Å²) >= 11 is 0. The summed E-state index contributed by atoms with van der Waals surface area (Å²) in [5.41, 5.74) is 2.98. The van der Waals surface area contributed by atoms with E-state index in [0.717, 1.165) is 36.8 Å². The van der Waals surface area contributed by atoms with Crippen LogP contribution in [-0.2, 0) is 24.4 Å². The second kappa shape index (κ2) is 19.5. The molecule has 3 N–H and O–H groups in total. The second-order valence-electron chi connectivity index (χ2n) is 15.3. The van der Waals surface area contributed by atoms with Gasteiger partial charge in [-0.1, -0.05) is 30.1 Å². The predicted octanol–water partition coefficient (Wildman–Crippen LogP) is 6.84. The number of oxime groups is 1. The largest absolute Gasteiger partial charge is 0.496 e. The first-order valence-electron chi connectivity index (χ1n) is 20.2. The number of hydrogen-bond donors (Lipinski definition) is 3. The number of amides is 1. The smallest absolute Gasteiger partial charge is 0.243 e. The lowest BCUT2D eigenvalue weighted by Crippen LogP contribution is -2.69. The van der Waals surface area contributed by atoms with E-state index < -0.39 is 27.8 Å². The Hall–Kier alpha value is -5.06. The number of nitrogens with zero attached hydrogens (tertiary/aromatic N) is 2. The van der Waals surface area contributed by atoms with Crippen molar-refractivity contribution in [2.24, 2.45) is 22.9 Å². The number of aldehydes is 1.